The van der Waals surface area contributed by atoms with Gasteiger partial charge < -0.3 is 14.8 Å². The van der Waals surface area contributed by atoms with Crippen LogP contribution in [0.4, 0.5) is 5.95 Å². The number of carbonyl (C=O) groups excluding carboxylic acids is 1. The molecule has 136 valence electrons. The SMILES string of the molecule is COc1ccc(C2C3=C(CC(C)CC3=O)Nc3nc(C)nn32)c(OC)c1. The second-order valence-electron chi connectivity index (χ2n) is 6.89. The Morgan fingerprint density at radius 1 is 1.23 bits per heavy atom. The molecule has 0 spiro atoms. The van der Waals surface area contributed by atoms with E-state index in [1.54, 1.807) is 18.9 Å². The molecule has 1 N–H and O–H groups in total. The van der Waals surface area contributed by atoms with E-state index in [1.807, 2.05) is 25.1 Å². The maximum atomic E-state index is 12.9. The van der Waals surface area contributed by atoms with Crippen LogP contribution in [0.2, 0.25) is 0 Å². The maximum Gasteiger partial charge on any atom is 0.226 e. The van der Waals surface area contributed by atoms with E-state index < -0.39 is 0 Å². The van der Waals surface area contributed by atoms with Crippen molar-refractivity contribution in [3.05, 3.63) is 40.9 Å². The molecule has 0 amide bonds. The molecule has 1 aromatic carbocycles. The van der Waals surface area contributed by atoms with E-state index in [9.17, 15) is 4.79 Å². The van der Waals surface area contributed by atoms with Crippen LogP contribution < -0.4 is 14.8 Å². The van der Waals surface area contributed by atoms with Crippen LogP contribution in [-0.2, 0) is 4.79 Å². The van der Waals surface area contributed by atoms with E-state index in [0.717, 1.165) is 23.3 Å². The van der Waals surface area contributed by atoms with Crippen molar-refractivity contribution in [1.82, 2.24) is 14.8 Å². The van der Waals surface area contributed by atoms with Crippen LogP contribution in [0.3, 0.4) is 0 Å². The number of aryl methyl sites for hydroxylation is 1. The number of hydrogen-bond donors (Lipinski definition) is 1. The first-order chi connectivity index (χ1) is 12.5. The van der Waals surface area contributed by atoms with Gasteiger partial charge in [0, 0.05) is 29.3 Å². The minimum atomic E-state index is -0.358. The fourth-order valence-corrected chi connectivity index (χ4v) is 3.85. The third-order valence-corrected chi connectivity index (χ3v) is 4.97. The van der Waals surface area contributed by atoms with Gasteiger partial charge in [0.1, 0.15) is 23.4 Å². The van der Waals surface area contributed by atoms with Crippen molar-refractivity contribution in [3.63, 3.8) is 0 Å². The molecule has 1 aromatic heterocycles. The van der Waals surface area contributed by atoms with Gasteiger partial charge in [-0.2, -0.15) is 10.1 Å². The molecule has 2 aliphatic rings. The summed E-state index contributed by atoms with van der Waals surface area (Å²) in [6.45, 7) is 3.94. The van der Waals surface area contributed by atoms with Gasteiger partial charge in [-0.25, -0.2) is 4.68 Å². The van der Waals surface area contributed by atoms with Gasteiger partial charge in [-0.3, -0.25) is 4.79 Å². The molecule has 7 heteroatoms. The van der Waals surface area contributed by atoms with Crippen LogP contribution >= 0.6 is 0 Å². The summed E-state index contributed by atoms with van der Waals surface area (Å²) in [7, 11) is 3.23. The third kappa shape index (κ3) is 2.55. The molecule has 0 saturated carbocycles. The standard InChI is InChI=1S/C19H22N4O3/c1-10-7-14-17(15(24)8-10)18(23-19(21-14)20-11(2)22-23)13-6-5-12(25-3)9-16(13)26-4/h5-6,9-10,18H,7-8H2,1-4H3,(H,20,21,22). The second kappa shape index (κ2) is 6.16. The van der Waals surface area contributed by atoms with Gasteiger partial charge in [0.05, 0.1) is 14.2 Å². The van der Waals surface area contributed by atoms with Gasteiger partial charge in [-0.15, -0.1) is 0 Å². The highest BCUT2D eigenvalue weighted by atomic mass is 16.5. The maximum absolute atomic E-state index is 12.9. The van der Waals surface area contributed by atoms with Crippen molar-refractivity contribution < 1.29 is 14.3 Å². The van der Waals surface area contributed by atoms with E-state index in [-0.39, 0.29) is 11.8 Å². The monoisotopic (exact) mass is 354 g/mol. The van der Waals surface area contributed by atoms with Crippen molar-refractivity contribution in [1.29, 1.82) is 0 Å². The number of allylic oxidation sites excluding steroid dienone is 2. The lowest BCUT2D eigenvalue weighted by Crippen LogP contribution is -2.33. The Balaban J connectivity index is 1.93. The summed E-state index contributed by atoms with van der Waals surface area (Å²) in [4.78, 5) is 17.4. The second-order valence-corrected chi connectivity index (χ2v) is 6.89. The molecule has 2 unspecified atom stereocenters. The van der Waals surface area contributed by atoms with Crippen molar-refractivity contribution in [3.8, 4) is 11.5 Å². The number of methoxy groups -OCH3 is 2. The summed E-state index contributed by atoms with van der Waals surface area (Å²) >= 11 is 0. The summed E-state index contributed by atoms with van der Waals surface area (Å²) in [5.74, 6) is 3.13. The molecule has 0 radical (unpaired) electrons. The first-order valence-corrected chi connectivity index (χ1v) is 8.70. The van der Waals surface area contributed by atoms with Gasteiger partial charge in [-0.1, -0.05) is 6.92 Å². The lowest BCUT2D eigenvalue weighted by atomic mass is 9.81. The molecule has 26 heavy (non-hydrogen) atoms. The smallest absolute Gasteiger partial charge is 0.226 e. The number of carbonyl (C=O) groups is 1. The number of benzene rings is 1. The van der Waals surface area contributed by atoms with Gasteiger partial charge in [0.15, 0.2) is 5.78 Å². The topological polar surface area (TPSA) is 78.3 Å². The highest BCUT2D eigenvalue weighted by Gasteiger charge is 2.39. The van der Waals surface area contributed by atoms with E-state index in [1.165, 1.54) is 0 Å². The van der Waals surface area contributed by atoms with E-state index in [0.29, 0.717) is 35.6 Å². The number of nitrogens with zero attached hydrogens (tertiary/aromatic N) is 3. The molecule has 0 fully saturated rings. The van der Waals surface area contributed by atoms with Gasteiger partial charge in [0.2, 0.25) is 5.95 Å². The molecule has 7 nitrogen and oxygen atoms in total. The Labute approximate surface area is 152 Å². The fourth-order valence-electron chi connectivity index (χ4n) is 3.85. The Kier molecular flexibility index (Phi) is 3.94. The Morgan fingerprint density at radius 2 is 2.04 bits per heavy atom. The molecule has 0 saturated heterocycles. The van der Waals surface area contributed by atoms with Gasteiger partial charge in [-0.05, 0) is 31.4 Å². The quantitative estimate of drug-likeness (QED) is 0.913. The van der Waals surface area contributed by atoms with Crippen molar-refractivity contribution in [2.45, 2.75) is 32.7 Å². The first-order valence-electron chi connectivity index (χ1n) is 8.70. The summed E-state index contributed by atoms with van der Waals surface area (Å²) in [6, 6.07) is 5.28. The zero-order valence-electron chi connectivity index (χ0n) is 15.4. The Morgan fingerprint density at radius 3 is 2.77 bits per heavy atom. The third-order valence-electron chi connectivity index (χ3n) is 4.97. The van der Waals surface area contributed by atoms with Crippen LogP contribution in [-0.4, -0.2) is 34.8 Å². The number of hydrogen-bond acceptors (Lipinski definition) is 6. The minimum Gasteiger partial charge on any atom is -0.497 e. The molecule has 4 rings (SSSR count). The van der Waals surface area contributed by atoms with E-state index in [4.69, 9.17) is 9.47 Å². The molecule has 1 aliphatic heterocycles. The van der Waals surface area contributed by atoms with Crippen molar-refractivity contribution >= 4 is 11.7 Å². The molecule has 2 aromatic rings. The van der Waals surface area contributed by atoms with Gasteiger partial charge in [0.25, 0.3) is 0 Å². The number of aromatic nitrogens is 3. The summed E-state index contributed by atoms with van der Waals surface area (Å²) in [5, 5.41) is 7.86. The zero-order chi connectivity index (χ0) is 18.4. The number of rotatable bonds is 3. The predicted octanol–water partition coefficient (Wildman–Crippen LogP) is 2.87. The lowest BCUT2D eigenvalue weighted by molar-refractivity contribution is -0.117. The molecule has 1 aliphatic carbocycles. The summed E-state index contributed by atoms with van der Waals surface area (Å²) < 4.78 is 12.7. The normalized spacial score (nSPS) is 21.8. The van der Waals surface area contributed by atoms with Crippen molar-refractivity contribution in [2.24, 2.45) is 5.92 Å². The largest absolute Gasteiger partial charge is 0.497 e. The number of Topliss-reactive ketones (excluding diaryl/α,β-unsaturated/α-hetero) is 1. The van der Waals surface area contributed by atoms with Crippen LogP contribution in [0.25, 0.3) is 0 Å². The van der Waals surface area contributed by atoms with Crippen LogP contribution in [0, 0.1) is 12.8 Å². The van der Waals surface area contributed by atoms with Gasteiger partial charge >= 0.3 is 0 Å². The van der Waals surface area contributed by atoms with Crippen molar-refractivity contribution in [2.75, 3.05) is 19.5 Å². The Bertz CT molecular complexity index is 916. The minimum absolute atomic E-state index is 0.146. The number of ketones is 1. The molecule has 2 atom stereocenters. The fraction of sp³-hybridized carbons (Fsp3) is 0.421. The number of fused-ring (bicyclic) bond motifs is 1. The predicted molar refractivity (Wildman–Crippen MR) is 96.5 cm³/mol. The number of anilines is 1. The molecular formula is C19H22N4O3. The highest BCUT2D eigenvalue weighted by molar-refractivity contribution is 5.99. The lowest BCUT2D eigenvalue weighted by Gasteiger charge is -2.34. The average Bonchev–Trinajstić information content (AvgIpc) is 2.98. The Hall–Kier alpha value is -2.83. The summed E-state index contributed by atoms with van der Waals surface area (Å²) in [6.07, 6.45) is 1.36. The zero-order valence-corrected chi connectivity index (χ0v) is 15.4. The average molecular weight is 354 g/mol. The number of ether oxygens (including phenoxy) is 2. The summed E-state index contributed by atoms with van der Waals surface area (Å²) in [5.41, 5.74) is 2.57. The van der Waals surface area contributed by atoms with Crippen LogP contribution in [0.1, 0.15) is 37.2 Å². The number of nitrogens with one attached hydrogen (secondary N) is 1. The molecule has 0 bridgehead atoms. The molecular weight excluding hydrogens is 332 g/mol. The highest BCUT2D eigenvalue weighted by Crippen LogP contribution is 2.44. The van der Waals surface area contributed by atoms with E-state index >= 15 is 0 Å². The van der Waals surface area contributed by atoms with Crippen LogP contribution in [0.15, 0.2) is 29.5 Å². The van der Waals surface area contributed by atoms with E-state index in [2.05, 4.69) is 22.3 Å². The van der Waals surface area contributed by atoms with Crippen LogP contribution in [0.5, 0.6) is 11.5 Å². The molecule has 2 heterocycles. The first kappa shape index (κ1) is 16.6.